The molecule has 7 heteroatoms. The van der Waals surface area contributed by atoms with Gasteiger partial charge >= 0.3 is 0 Å². The van der Waals surface area contributed by atoms with Crippen LogP contribution < -0.4 is 4.90 Å². The van der Waals surface area contributed by atoms with Crippen molar-refractivity contribution in [3.05, 3.63) is 18.2 Å². The Morgan fingerprint density at radius 3 is 2.36 bits per heavy atom. The minimum atomic E-state index is -0.410. The van der Waals surface area contributed by atoms with E-state index in [0.29, 0.717) is 18.3 Å². The van der Waals surface area contributed by atoms with E-state index in [9.17, 15) is 9.18 Å². The van der Waals surface area contributed by atoms with Crippen LogP contribution in [0.25, 0.3) is 0 Å². The molecule has 0 unspecified atom stereocenters. The topological polar surface area (TPSA) is 52.6 Å². The molecular formula is C18H26FN5O. The molecule has 1 aromatic heterocycles. The molecule has 3 fully saturated rings. The Hall–Kier alpha value is -1.76. The van der Waals surface area contributed by atoms with Crippen molar-refractivity contribution in [3.8, 4) is 0 Å². The van der Waals surface area contributed by atoms with Gasteiger partial charge in [0.1, 0.15) is 0 Å². The Morgan fingerprint density at radius 2 is 1.68 bits per heavy atom. The molecule has 0 aliphatic carbocycles. The number of likely N-dealkylation sites (tertiary alicyclic amines) is 2. The average Bonchev–Trinajstić information content (AvgIpc) is 3.24. The highest BCUT2D eigenvalue weighted by atomic mass is 19.1. The highest BCUT2D eigenvalue weighted by Crippen LogP contribution is 2.39. The zero-order valence-electron chi connectivity index (χ0n) is 14.7. The van der Waals surface area contributed by atoms with E-state index in [4.69, 9.17) is 0 Å². The van der Waals surface area contributed by atoms with Gasteiger partial charge in [0.15, 0.2) is 5.82 Å². The first kappa shape index (κ1) is 16.7. The first-order chi connectivity index (χ1) is 12.2. The van der Waals surface area contributed by atoms with Crippen molar-refractivity contribution in [2.75, 3.05) is 44.2 Å². The fourth-order valence-corrected chi connectivity index (χ4v) is 4.60. The quantitative estimate of drug-likeness (QED) is 0.829. The minimum absolute atomic E-state index is 0.00728. The van der Waals surface area contributed by atoms with E-state index in [-0.39, 0.29) is 5.54 Å². The van der Waals surface area contributed by atoms with Gasteiger partial charge < -0.3 is 14.7 Å². The van der Waals surface area contributed by atoms with Gasteiger partial charge in [0, 0.05) is 38.1 Å². The monoisotopic (exact) mass is 347 g/mol. The SMILES string of the molecule is O=C1CCC2(CCN(c3ncc(F)cn3)CC2)N1CCN1CCCC1. The predicted molar refractivity (Wildman–Crippen MR) is 92.8 cm³/mol. The number of hydrogen-bond acceptors (Lipinski definition) is 5. The lowest BCUT2D eigenvalue weighted by molar-refractivity contribution is -0.132. The van der Waals surface area contributed by atoms with Crippen LogP contribution >= 0.6 is 0 Å². The summed E-state index contributed by atoms with van der Waals surface area (Å²) < 4.78 is 13.0. The van der Waals surface area contributed by atoms with Crippen LogP contribution in [0, 0.1) is 5.82 Å². The number of piperidine rings is 1. The van der Waals surface area contributed by atoms with Crippen LogP contribution in [0.5, 0.6) is 0 Å². The van der Waals surface area contributed by atoms with Gasteiger partial charge in [-0.1, -0.05) is 0 Å². The summed E-state index contributed by atoms with van der Waals surface area (Å²) in [5.41, 5.74) is 0.00728. The fourth-order valence-electron chi connectivity index (χ4n) is 4.60. The first-order valence-electron chi connectivity index (χ1n) is 9.42. The third kappa shape index (κ3) is 3.34. The third-order valence-electron chi connectivity index (χ3n) is 6.10. The number of nitrogens with zero attached hydrogens (tertiary/aromatic N) is 5. The standard InChI is InChI=1S/C18H26FN5O/c19-15-13-20-17(21-14-15)23-9-5-18(6-10-23)4-3-16(25)24(18)12-11-22-7-1-2-8-22/h13-14H,1-12H2. The molecular weight excluding hydrogens is 321 g/mol. The summed E-state index contributed by atoms with van der Waals surface area (Å²) in [6.07, 6.45) is 8.52. The van der Waals surface area contributed by atoms with Crippen molar-refractivity contribution in [1.29, 1.82) is 0 Å². The van der Waals surface area contributed by atoms with E-state index in [2.05, 4.69) is 24.7 Å². The van der Waals surface area contributed by atoms with Gasteiger partial charge in [0.25, 0.3) is 0 Å². The smallest absolute Gasteiger partial charge is 0.225 e. The van der Waals surface area contributed by atoms with Crippen LogP contribution in [0.2, 0.25) is 0 Å². The van der Waals surface area contributed by atoms with Crippen molar-refractivity contribution in [1.82, 2.24) is 19.8 Å². The van der Waals surface area contributed by atoms with Gasteiger partial charge in [-0.05, 0) is 45.2 Å². The van der Waals surface area contributed by atoms with Gasteiger partial charge in [0.2, 0.25) is 11.9 Å². The van der Waals surface area contributed by atoms with Crippen LogP contribution in [0.4, 0.5) is 10.3 Å². The van der Waals surface area contributed by atoms with E-state index in [1.165, 1.54) is 38.3 Å². The Balaban J connectivity index is 1.39. The Morgan fingerprint density at radius 1 is 1.00 bits per heavy atom. The van der Waals surface area contributed by atoms with Crippen molar-refractivity contribution in [3.63, 3.8) is 0 Å². The fraction of sp³-hybridized carbons (Fsp3) is 0.722. The van der Waals surface area contributed by atoms with Crippen molar-refractivity contribution in [2.45, 2.75) is 44.1 Å². The highest BCUT2D eigenvalue weighted by Gasteiger charge is 2.46. The van der Waals surface area contributed by atoms with Gasteiger partial charge in [-0.15, -0.1) is 0 Å². The molecule has 1 aromatic rings. The molecule has 3 aliphatic rings. The normalized spacial score (nSPS) is 23.8. The molecule has 0 radical (unpaired) electrons. The zero-order chi connectivity index (χ0) is 17.3. The zero-order valence-corrected chi connectivity index (χ0v) is 14.7. The maximum Gasteiger partial charge on any atom is 0.225 e. The third-order valence-corrected chi connectivity index (χ3v) is 6.10. The maximum absolute atomic E-state index is 13.0. The number of carbonyl (C=O) groups excluding carboxylic acids is 1. The van der Waals surface area contributed by atoms with Crippen molar-refractivity contribution < 1.29 is 9.18 Å². The number of anilines is 1. The lowest BCUT2D eigenvalue weighted by atomic mass is 9.85. The molecule has 4 heterocycles. The molecule has 0 aromatic carbocycles. The summed E-state index contributed by atoms with van der Waals surface area (Å²) in [5.74, 6) is 0.488. The van der Waals surface area contributed by atoms with E-state index in [1.807, 2.05) is 0 Å². The molecule has 3 aliphatic heterocycles. The summed E-state index contributed by atoms with van der Waals surface area (Å²) in [6, 6.07) is 0. The van der Waals surface area contributed by atoms with Crippen LogP contribution in [0.3, 0.4) is 0 Å². The van der Waals surface area contributed by atoms with Crippen LogP contribution in [-0.4, -0.2) is 70.5 Å². The molecule has 0 atom stereocenters. The molecule has 1 spiro atoms. The van der Waals surface area contributed by atoms with Gasteiger partial charge in [-0.3, -0.25) is 4.79 Å². The summed E-state index contributed by atoms with van der Waals surface area (Å²) >= 11 is 0. The maximum atomic E-state index is 13.0. The van der Waals surface area contributed by atoms with Crippen molar-refractivity contribution >= 4 is 11.9 Å². The molecule has 136 valence electrons. The molecule has 6 nitrogen and oxygen atoms in total. The summed E-state index contributed by atoms with van der Waals surface area (Å²) in [7, 11) is 0. The van der Waals surface area contributed by atoms with Crippen LogP contribution in [0.1, 0.15) is 38.5 Å². The van der Waals surface area contributed by atoms with Gasteiger partial charge in [-0.2, -0.15) is 0 Å². The number of aromatic nitrogens is 2. The van der Waals surface area contributed by atoms with E-state index in [0.717, 1.165) is 45.4 Å². The minimum Gasteiger partial charge on any atom is -0.341 e. The largest absolute Gasteiger partial charge is 0.341 e. The molecule has 1 amide bonds. The molecule has 0 bridgehead atoms. The molecule has 3 saturated heterocycles. The number of halogens is 1. The second kappa shape index (κ2) is 6.86. The van der Waals surface area contributed by atoms with Crippen LogP contribution in [-0.2, 0) is 4.79 Å². The van der Waals surface area contributed by atoms with E-state index < -0.39 is 5.82 Å². The Labute approximate surface area is 148 Å². The lowest BCUT2D eigenvalue weighted by Gasteiger charge is -2.45. The number of rotatable bonds is 4. The van der Waals surface area contributed by atoms with Gasteiger partial charge in [-0.25, -0.2) is 14.4 Å². The first-order valence-corrected chi connectivity index (χ1v) is 9.42. The predicted octanol–water partition coefficient (Wildman–Crippen LogP) is 1.67. The second-order valence-corrected chi connectivity index (χ2v) is 7.51. The average molecular weight is 347 g/mol. The summed E-state index contributed by atoms with van der Waals surface area (Å²) in [4.78, 5) is 27.4. The van der Waals surface area contributed by atoms with Gasteiger partial charge in [0.05, 0.1) is 12.4 Å². The summed E-state index contributed by atoms with van der Waals surface area (Å²) in [6.45, 7) is 5.83. The Bertz CT molecular complexity index is 608. The number of carbonyl (C=O) groups is 1. The number of amides is 1. The molecule has 0 saturated carbocycles. The highest BCUT2D eigenvalue weighted by molar-refractivity contribution is 5.79. The molecule has 4 rings (SSSR count). The Kier molecular flexibility index (Phi) is 4.58. The molecule has 0 N–H and O–H groups in total. The number of hydrogen-bond donors (Lipinski definition) is 0. The second-order valence-electron chi connectivity index (χ2n) is 7.51. The van der Waals surface area contributed by atoms with Crippen LogP contribution in [0.15, 0.2) is 12.4 Å². The lowest BCUT2D eigenvalue weighted by Crippen LogP contribution is -2.55. The summed E-state index contributed by atoms with van der Waals surface area (Å²) in [5, 5.41) is 0. The van der Waals surface area contributed by atoms with E-state index >= 15 is 0 Å². The molecule has 25 heavy (non-hydrogen) atoms. The van der Waals surface area contributed by atoms with E-state index in [1.54, 1.807) is 0 Å². The van der Waals surface area contributed by atoms with Crippen molar-refractivity contribution in [2.24, 2.45) is 0 Å².